The van der Waals surface area contributed by atoms with Crippen molar-refractivity contribution in [2.45, 2.75) is 6.04 Å². The van der Waals surface area contributed by atoms with Gasteiger partial charge in [0.2, 0.25) is 0 Å². The third-order valence-electron chi connectivity index (χ3n) is 3.42. The highest BCUT2D eigenvalue weighted by atomic mass is 79.9. The van der Waals surface area contributed by atoms with E-state index in [9.17, 15) is 4.39 Å². The second-order valence-corrected chi connectivity index (χ2v) is 5.64. The third-order valence-corrected chi connectivity index (χ3v) is 4.06. The minimum absolute atomic E-state index is 0.0848. The molecule has 0 saturated carbocycles. The summed E-state index contributed by atoms with van der Waals surface area (Å²) in [6, 6.07) is 4.84. The summed E-state index contributed by atoms with van der Waals surface area (Å²) in [5.74, 6) is 0.613. The van der Waals surface area contributed by atoms with Gasteiger partial charge in [0.1, 0.15) is 5.82 Å². The van der Waals surface area contributed by atoms with Crippen molar-refractivity contribution in [1.29, 1.82) is 0 Å². The highest BCUT2D eigenvalue weighted by molar-refractivity contribution is 9.10. The molecule has 1 aromatic carbocycles. The average Bonchev–Trinajstić information content (AvgIpc) is 2.92. The Balaban J connectivity index is 1.87. The number of aromatic nitrogens is 2. The number of halogens is 2. The van der Waals surface area contributed by atoms with E-state index in [1.165, 1.54) is 6.07 Å². The molecule has 0 amide bonds. The SMILES string of the molecule is CN1CCNCC1c1noc(-c2ccc(Br)c(F)c2)n1. The van der Waals surface area contributed by atoms with Crippen molar-refractivity contribution >= 4 is 15.9 Å². The molecule has 2 aromatic rings. The maximum absolute atomic E-state index is 13.5. The second-order valence-electron chi connectivity index (χ2n) is 4.79. The molecule has 1 unspecified atom stereocenters. The Labute approximate surface area is 124 Å². The minimum Gasteiger partial charge on any atom is -0.334 e. The maximum atomic E-state index is 13.5. The van der Waals surface area contributed by atoms with Crippen LogP contribution in [0.1, 0.15) is 11.9 Å². The summed E-state index contributed by atoms with van der Waals surface area (Å²) < 4.78 is 19.2. The summed E-state index contributed by atoms with van der Waals surface area (Å²) in [5.41, 5.74) is 0.580. The van der Waals surface area contributed by atoms with Gasteiger partial charge < -0.3 is 9.84 Å². The molecule has 1 fully saturated rings. The van der Waals surface area contributed by atoms with Crippen LogP contribution in [0.2, 0.25) is 0 Å². The normalized spacial score (nSPS) is 20.2. The molecule has 1 atom stereocenters. The largest absolute Gasteiger partial charge is 0.334 e. The van der Waals surface area contributed by atoms with E-state index in [0.29, 0.717) is 21.8 Å². The van der Waals surface area contributed by atoms with Gasteiger partial charge in [0.15, 0.2) is 5.82 Å². The van der Waals surface area contributed by atoms with Crippen molar-refractivity contribution in [3.05, 3.63) is 34.3 Å². The van der Waals surface area contributed by atoms with Crippen molar-refractivity contribution in [2.75, 3.05) is 26.7 Å². The molecule has 3 rings (SSSR count). The molecule has 1 aliphatic rings. The summed E-state index contributed by atoms with van der Waals surface area (Å²) >= 11 is 3.12. The monoisotopic (exact) mass is 340 g/mol. The first-order chi connectivity index (χ1) is 9.65. The molecule has 1 saturated heterocycles. The van der Waals surface area contributed by atoms with Crippen LogP contribution in [0.15, 0.2) is 27.2 Å². The minimum atomic E-state index is -0.348. The van der Waals surface area contributed by atoms with Crippen LogP contribution in [0.25, 0.3) is 11.5 Å². The Hall–Kier alpha value is -1.31. The van der Waals surface area contributed by atoms with Crippen molar-refractivity contribution in [1.82, 2.24) is 20.4 Å². The molecule has 5 nitrogen and oxygen atoms in total. The zero-order valence-corrected chi connectivity index (χ0v) is 12.5. The van der Waals surface area contributed by atoms with E-state index in [1.807, 2.05) is 7.05 Å². The number of nitrogens with zero attached hydrogens (tertiary/aromatic N) is 3. The predicted molar refractivity (Wildman–Crippen MR) is 75.6 cm³/mol. The highest BCUT2D eigenvalue weighted by Gasteiger charge is 2.25. The number of benzene rings is 1. The zero-order chi connectivity index (χ0) is 14.1. The Kier molecular flexibility index (Phi) is 3.82. The Bertz CT molecular complexity index is 618. The third kappa shape index (κ3) is 2.61. The van der Waals surface area contributed by atoms with Crippen LogP contribution in [-0.2, 0) is 0 Å². The standard InChI is InChI=1S/C13H14BrFN4O/c1-19-5-4-16-7-11(19)12-17-13(20-18-12)8-2-3-9(14)10(15)6-8/h2-3,6,11,16H,4-5,7H2,1H3. The summed E-state index contributed by atoms with van der Waals surface area (Å²) in [6.45, 7) is 2.67. The molecule has 1 aromatic heterocycles. The van der Waals surface area contributed by atoms with E-state index >= 15 is 0 Å². The number of hydrogen-bond donors (Lipinski definition) is 1. The van der Waals surface area contributed by atoms with Gasteiger partial charge in [-0.25, -0.2) is 4.39 Å². The number of nitrogens with one attached hydrogen (secondary N) is 1. The number of hydrogen-bond acceptors (Lipinski definition) is 5. The molecule has 1 aliphatic heterocycles. The number of piperazine rings is 1. The lowest BCUT2D eigenvalue weighted by molar-refractivity contribution is 0.190. The van der Waals surface area contributed by atoms with E-state index in [2.05, 4.69) is 36.3 Å². The van der Waals surface area contributed by atoms with Gasteiger partial charge in [-0.2, -0.15) is 4.98 Å². The molecule has 106 valence electrons. The fourth-order valence-corrected chi connectivity index (χ4v) is 2.46. The summed E-state index contributed by atoms with van der Waals surface area (Å²) in [6.07, 6.45) is 0. The molecular weight excluding hydrogens is 327 g/mol. The average molecular weight is 341 g/mol. The van der Waals surface area contributed by atoms with Gasteiger partial charge in [-0.15, -0.1) is 0 Å². The topological polar surface area (TPSA) is 54.2 Å². The van der Waals surface area contributed by atoms with Crippen LogP contribution in [-0.4, -0.2) is 41.7 Å². The Morgan fingerprint density at radius 1 is 1.50 bits per heavy atom. The van der Waals surface area contributed by atoms with Crippen LogP contribution in [0.5, 0.6) is 0 Å². The number of likely N-dealkylation sites (N-methyl/N-ethyl adjacent to an activating group) is 1. The summed E-state index contributed by atoms with van der Waals surface area (Å²) in [7, 11) is 2.03. The fraction of sp³-hybridized carbons (Fsp3) is 0.385. The Morgan fingerprint density at radius 2 is 2.35 bits per heavy atom. The highest BCUT2D eigenvalue weighted by Crippen LogP contribution is 2.25. The van der Waals surface area contributed by atoms with E-state index < -0.39 is 0 Å². The van der Waals surface area contributed by atoms with Crippen LogP contribution in [0, 0.1) is 5.82 Å². The lowest BCUT2D eigenvalue weighted by Crippen LogP contribution is -2.44. The van der Waals surface area contributed by atoms with Crippen LogP contribution in [0.3, 0.4) is 0 Å². The van der Waals surface area contributed by atoms with E-state index in [4.69, 9.17) is 4.52 Å². The zero-order valence-electron chi connectivity index (χ0n) is 10.9. The van der Waals surface area contributed by atoms with Gasteiger partial charge in [-0.1, -0.05) is 5.16 Å². The van der Waals surface area contributed by atoms with Gasteiger partial charge in [0.05, 0.1) is 10.5 Å². The van der Waals surface area contributed by atoms with Crippen molar-refractivity contribution in [3.63, 3.8) is 0 Å². The smallest absolute Gasteiger partial charge is 0.258 e. The molecule has 0 bridgehead atoms. The first-order valence-electron chi connectivity index (χ1n) is 6.35. The van der Waals surface area contributed by atoms with Gasteiger partial charge in [0.25, 0.3) is 5.89 Å². The molecule has 7 heteroatoms. The Morgan fingerprint density at radius 3 is 3.10 bits per heavy atom. The van der Waals surface area contributed by atoms with Crippen LogP contribution in [0.4, 0.5) is 4.39 Å². The van der Waals surface area contributed by atoms with E-state index in [-0.39, 0.29) is 11.9 Å². The lowest BCUT2D eigenvalue weighted by atomic mass is 10.2. The van der Waals surface area contributed by atoms with E-state index in [1.54, 1.807) is 12.1 Å². The molecule has 2 heterocycles. The molecule has 0 radical (unpaired) electrons. The van der Waals surface area contributed by atoms with E-state index in [0.717, 1.165) is 19.6 Å². The predicted octanol–water partition coefficient (Wildman–Crippen LogP) is 2.21. The molecule has 1 N–H and O–H groups in total. The second kappa shape index (κ2) is 5.59. The van der Waals surface area contributed by atoms with Crippen LogP contribution < -0.4 is 5.32 Å². The van der Waals surface area contributed by atoms with Crippen LogP contribution >= 0.6 is 15.9 Å². The summed E-state index contributed by atoms with van der Waals surface area (Å²) in [5, 5.41) is 7.32. The van der Waals surface area contributed by atoms with Gasteiger partial charge in [-0.3, -0.25) is 4.90 Å². The van der Waals surface area contributed by atoms with Crippen molar-refractivity contribution in [2.24, 2.45) is 0 Å². The van der Waals surface area contributed by atoms with Gasteiger partial charge in [-0.05, 0) is 41.2 Å². The first-order valence-corrected chi connectivity index (χ1v) is 7.14. The maximum Gasteiger partial charge on any atom is 0.258 e. The number of rotatable bonds is 2. The van der Waals surface area contributed by atoms with Crippen molar-refractivity contribution < 1.29 is 8.91 Å². The molecular formula is C13H14BrFN4O. The molecule has 0 spiro atoms. The fourth-order valence-electron chi connectivity index (χ4n) is 2.21. The van der Waals surface area contributed by atoms with Crippen molar-refractivity contribution in [3.8, 4) is 11.5 Å². The molecule has 20 heavy (non-hydrogen) atoms. The molecule has 0 aliphatic carbocycles. The summed E-state index contributed by atoms with van der Waals surface area (Å²) in [4.78, 5) is 6.56. The lowest BCUT2D eigenvalue weighted by Gasteiger charge is -2.30. The van der Waals surface area contributed by atoms with Gasteiger partial charge >= 0.3 is 0 Å². The first kappa shape index (κ1) is 13.7. The van der Waals surface area contributed by atoms with Gasteiger partial charge in [0, 0.05) is 25.2 Å². The quantitative estimate of drug-likeness (QED) is 0.908.